The van der Waals surface area contributed by atoms with E-state index in [0.717, 1.165) is 19.3 Å². The normalized spacial score (nSPS) is 11.1. The number of hydrogen-bond donors (Lipinski definition) is 0. The molecule has 0 aliphatic heterocycles. The Balaban J connectivity index is 3.36. The van der Waals surface area contributed by atoms with Crippen LogP contribution in [0.5, 0.6) is 0 Å². The van der Waals surface area contributed by atoms with Crippen LogP contribution >= 0.6 is 0 Å². The van der Waals surface area contributed by atoms with Gasteiger partial charge in [0.2, 0.25) is 0 Å². The molecule has 0 aromatic heterocycles. The van der Waals surface area contributed by atoms with E-state index in [4.69, 9.17) is 4.74 Å². The zero-order valence-electron chi connectivity index (χ0n) is 10.3. The van der Waals surface area contributed by atoms with Gasteiger partial charge in [-0.3, -0.25) is 4.79 Å². The molecule has 0 N–H and O–H groups in total. The van der Waals surface area contributed by atoms with Crippen LogP contribution in [0.2, 0.25) is 0 Å². The molecule has 2 heteroatoms. The van der Waals surface area contributed by atoms with Crippen LogP contribution in [0.1, 0.15) is 59.3 Å². The summed E-state index contributed by atoms with van der Waals surface area (Å²) in [6.07, 6.45) is 7.96. The summed E-state index contributed by atoms with van der Waals surface area (Å²) < 4.78 is 5.21. The van der Waals surface area contributed by atoms with Gasteiger partial charge in [0.1, 0.15) is 5.60 Å². The summed E-state index contributed by atoms with van der Waals surface area (Å²) in [5, 5.41) is 0. The maximum Gasteiger partial charge on any atom is 0.306 e. The fraction of sp³-hybridized carbons (Fsp3) is 0.769. The molecule has 0 heterocycles. The minimum Gasteiger partial charge on any atom is -0.460 e. The lowest BCUT2D eigenvalue weighted by atomic mass is 10.1. The first-order valence-electron chi connectivity index (χ1n) is 5.78. The molecule has 15 heavy (non-hydrogen) atoms. The van der Waals surface area contributed by atoms with E-state index in [1.54, 1.807) is 0 Å². The van der Waals surface area contributed by atoms with Crippen molar-refractivity contribution in [2.75, 3.05) is 0 Å². The molecule has 0 rings (SSSR count). The van der Waals surface area contributed by atoms with E-state index >= 15 is 0 Å². The Morgan fingerprint density at radius 1 is 1.20 bits per heavy atom. The van der Waals surface area contributed by atoms with Crippen LogP contribution < -0.4 is 0 Å². The van der Waals surface area contributed by atoms with Crippen LogP contribution in [0.15, 0.2) is 12.7 Å². The van der Waals surface area contributed by atoms with Crippen LogP contribution in [0.4, 0.5) is 0 Å². The molecule has 0 atom stereocenters. The first-order valence-corrected chi connectivity index (χ1v) is 5.78. The summed E-state index contributed by atoms with van der Waals surface area (Å²) >= 11 is 0. The Bertz CT molecular complexity index is 189. The Hall–Kier alpha value is -0.790. The van der Waals surface area contributed by atoms with E-state index in [1.807, 2.05) is 26.8 Å². The molecule has 0 saturated carbocycles. The molecule has 0 radical (unpaired) electrons. The number of esters is 1. The van der Waals surface area contributed by atoms with Crippen LogP contribution in [0.25, 0.3) is 0 Å². The SMILES string of the molecule is C=CCCCCCCC(=O)OC(C)(C)C. The highest BCUT2D eigenvalue weighted by Crippen LogP contribution is 2.11. The molecule has 0 amide bonds. The lowest BCUT2D eigenvalue weighted by Crippen LogP contribution is -2.23. The van der Waals surface area contributed by atoms with Gasteiger partial charge in [-0.2, -0.15) is 0 Å². The first kappa shape index (κ1) is 14.2. The molecule has 0 aliphatic carbocycles. The van der Waals surface area contributed by atoms with Crippen molar-refractivity contribution < 1.29 is 9.53 Å². The maximum absolute atomic E-state index is 11.3. The van der Waals surface area contributed by atoms with Crippen molar-refractivity contribution in [1.82, 2.24) is 0 Å². The van der Waals surface area contributed by atoms with Crippen LogP contribution in [-0.2, 0) is 9.53 Å². The number of allylic oxidation sites excluding steroid dienone is 1. The van der Waals surface area contributed by atoms with Gasteiger partial charge in [-0.05, 0) is 40.0 Å². The highest BCUT2D eigenvalue weighted by molar-refractivity contribution is 5.69. The summed E-state index contributed by atoms with van der Waals surface area (Å²) in [7, 11) is 0. The average Bonchev–Trinajstić information content (AvgIpc) is 2.08. The van der Waals surface area contributed by atoms with E-state index in [0.29, 0.717) is 6.42 Å². The molecule has 0 unspecified atom stereocenters. The molecule has 0 aromatic carbocycles. The van der Waals surface area contributed by atoms with Gasteiger partial charge in [0.15, 0.2) is 0 Å². The molecule has 0 aliphatic rings. The van der Waals surface area contributed by atoms with E-state index in [9.17, 15) is 4.79 Å². The highest BCUT2D eigenvalue weighted by Gasteiger charge is 2.15. The predicted molar refractivity (Wildman–Crippen MR) is 63.7 cm³/mol. The molecule has 88 valence electrons. The lowest BCUT2D eigenvalue weighted by molar-refractivity contribution is -0.154. The van der Waals surface area contributed by atoms with E-state index in [1.165, 1.54) is 12.8 Å². The Morgan fingerprint density at radius 3 is 2.33 bits per heavy atom. The third-order valence-corrected chi connectivity index (χ3v) is 1.96. The maximum atomic E-state index is 11.3. The van der Waals surface area contributed by atoms with Crippen molar-refractivity contribution in [2.45, 2.75) is 64.9 Å². The highest BCUT2D eigenvalue weighted by atomic mass is 16.6. The largest absolute Gasteiger partial charge is 0.460 e. The molecule has 0 bridgehead atoms. The van der Waals surface area contributed by atoms with Gasteiger partial charge in [0, 0.05) is 6.42 Å². The van der Waals surface area contributed by atoms with E-state index in [-0.39, 0.29) is 11.6 Å². The second kappa shape index (κ2) is 7.49. The number of carbonyl (C=O) groups is 1. The molecule has 0 saturated heterocycles. The van der Waals surface area contributed by atoms with Crippen molar-refractivity contribution in [1.29, 1.82) is 0 Å². The summed E-state index contributed by atoms with van der Waals surface area (Å²) in [4.78, 5) is 11.3. The van der Waals surface area contributed by atoms with E-state index < -0.39 is 0 Å². The Labute approximate surface area is 93.7 Å². The lowest BCUT2D eigenvalue weighted by Gasteiger charge is -2.19. The fourth-order valence-corrected chi connectivity index (χ4v) is 1.30. The Kier molecular flexibility index (Phi) is 7.10. The van der Waals surface area contributed by atoms with Crippen molar-refractivity contribution >= 4 is 5.97 Å². The topological polar surface area (TPSA) is 26.3 Å². The standard InChI is InChI=1S/C13H24O2/c1-5-6-7-8-9-10-11-12(14)15-13(2,3)4/h5H,1,6-11H2,2-4H3. The minimum absolute atomic E-state index is 0.0776. The van der Waals surface area contributed by atoms with Gasteiger partial charge in [0.25, 0.3) is 0 Å². The van der Waals surface area contributed by atoms with E-state index in [2.05, 4.69) is 6.58 Å². The number of carbonyl (C=O) groups excluding carboxylic acids is 1. The second-order valence-corrected chi connectivity index (χ2v) is 4.83. The van der Waals surface area contributed by atoms with Gasteiger partial charge >= 0.3 is 5.97 Å². The zero-order valence-corrected chi connectivity index (χ0v) is 10.3. The summed E-state index contributed by atoms with van der Waals surface area (Å²) in [5.41, 5.74) is -0.347. The average molecular weight is 212 g/mol. The van der Waals surface area contributed by atoms with Crippen LogP contribution in [0, 0.1) is 0 Å². The van der Waals surface area contributed by atoms with Gasteiger partial charge in [-0.25, -0.2) is 0 Å². The molecule has 2 nitrogen and oxygen atoms in total. The van der Waals surface area contributed by atoms with Crippen molar-refractivity contribution in [3.63, 3.8) is 0 Å². The molecule has 0 aromatic rings. The van der Waals surface area contributed by atoms with Crippen LogP contribution in [0.3, 0.4) is 0 Å². The number of ether oxygens (including phenoxy) is 1. The monoisotopic (exact) mass is 212 g/mol. The zero-order chi connectivity index (χ0) is 11.7. The molecular formula is C13H24O2. The summed E-state index contributed by atoms with van der Waals surface area (Å²) in [6, 6.07) is 0. The quantitative estimate of drug-likeness (QED) is 0.364. The molecule has 0 fully saturated rings. The van der Waals surface area contributed by atoms with Crippen molar-refractivity contribution in [2.24, 2.45) is 0 Å². The van der Waals surface area contributed by atoms with Crippen molar-refractivity contribution in [3.8, 4) is 0 Å². The van der Waals surface area contributed by atoms with Gasteiger partial charge in [-0.15, -0.1) is 6.58 Å². The number of hydrogen-bond acceptors (Lipinski definition) is 2. The van der Waals surface area contributed by atoms with Gasteiger partial charge in [0.05, 0.1) is 0 Å². The first-order chi connectivity index (χ1) is 6.95. The third kappa shape index (κ3) is 11.1. The number of rotatable bonds is 7. The van der Waals surface area contributed by atoms with Gasteiger partial charge in [-0.1, -0.05) is 18.9 Å². The third-order valence-electron chi connectivity index (χ3n) is 1.96. The van der Waals surface area contributed by atoms with Gasteiger partial charge < -0.3 is 4.74 Å². The fourth-order valence-electron chi connectivity index (χ4n) is 1.30. The Morgan fingerprint density at radius 2 is 1.80 bits per heavy atom. The van der Waals surface area contributed by atoms with Crippen molar-refractivity contribution in [3.05, 3.63) is 12.7 Å². The summed E-state index contributed by atoms with van der Waals surface area (Å²) in [6.45, 7) is 9.37. The molecule has 0 spiro atoms. The number of unbranched alkanes of at least 4 members (excludes halogenated alkanes) is 4. The van der Waals surface area contributed by atoms with Crippen LogP contribution in [-0.4, -0.2) is 11.6 Å². The second-order valence-electron chi connectivity index (χ2n) is 4.83. The molecular weight excluding hydrogens is 188 g/mol. The minimum atomic E-state index is -0.347. The summed E-state index contributed by atoms with van der Waals surface area (Å²) in [5.74, 6) is -0.0776. The predicted octanol–water partition coefficient (Wildman–Crippen LogP) is 3.85. The smallest absolute Gasteiger partial charge is 0.306 e.